The third-order valence-electron chi connectivity index (χ3n) is 2.58. The minimum Gasteiger partial charge on any atom is -0.481 e. The molecule has 0 heterocycles. The fourth-order valence-corrected chi connectivity index (χ4v) is 2.22. The molecule has 0 aliphatic heterocycles. The Balaban J connectivity index is 2.64. The van der Waals surface area contributed by atoms with Gasteiger partial charge in [0.05, 0.1) is 5.92 Å². The van der Waals surface area contributed by atoms with Crippen molar-refractivity contribution >= 4 is 17.7 Å². The minimum absolute atomic E-state index is 0.255. The second kappa shape index (κ2) is 6.59. The van der Waals surface area contributed by atoms with E-state index in [1.54, 1.807) is 11.8 Å². The lowest BCUT2D eigenvalue weighted by Crippen LogP contribution is -2.17. The Morgan fingerprint density at radius 2 is 2.25 bits per heavy atom. The van der Waals surface area contributed by atoms with Crippen molar-refractivity contribution in [2.24, 2.45) is 5.92 Å². The zero-order chi connectivity index (χ0) is 12.0. The molecule has 0 spiro atoms. The van der Waals surface area contributed by atoms with Gasteiger partial charge in [-0.25, -0.2) is 0 Å². The van der Waals surface area contributed by atoms with Crippen LogP contribution in [0.1, 0.15) is 17.5 Å². The van der Waals surface area contributed by atoms with Crippen molar-refractivity contribution in [2.45, 2.75) is 19.8 Å². The predicted octanol–water partition coefficient (Wildman–Crippen LogP) is 2.99. The lowest BCUT2D eigenvalue weighted by molar-refractivity contribution is -0.141. The second-order valence-electron chi connectivity index (χ2n) is 4.01. The molecule has 0 fully saturated rings. The van der Waals surface area contributed by atoms with E-state index in [1.165, 1.54) is 5.56 Å². The number of hydrogen-bond donors (Lipinski definition) is 1. The summed E-state index contributed by atoms with van der Waals surface area (Å²) in [7, 11) is 0. The molecule has 0 aromatic heterocycles. The van der Waals surface area contributed by atoms with Crippen LogP contribution in [0.25, 0.3) is 0 Å². The van der Waals surface area contributed by atoms with E-state index in [-0.39, 0.29) is 5.92 Å². The molecule has 16 heavy (non-hydrogen) atoms. The Labute approximate surface area is 101 Å². The lowest BCUT2D eigenvalue weighted by Gasteiger charge is -2.11. The standard InChI is InChI=1S/C13H18O2S/c1-10-4-3-5-11(8-10)9-12(13(14)15)6-7-16-2/h3-5,8,12H,6-7,9H2,1-2H3,(H,14,15). The molecule has 0 bridgehead atoms. The van der Waals surface area contributed by atoms with Gasteiger partial charge in [0.25, 0.3) is 0 Å². The van der Waals surface area contributed by atoms with E-state index in [0.717, 1.165) is 17.7 Å². The molecule has 1 rings (SSSR count). The number of hydrogen-bond acceptors (Lipinski definition) is 2. The van der Waals surface area contributed by atoms with Crippen LogP contribution in [0.5, 0.6) is 0 Å². The topological polar surface area (TPSA) is 37.3 Å². The van der Waals surface area contributed by atoms with Crippen LogP contribution in [0.2, 0.25) is 0 Å². The van der Waals surface area contributed by atoms with Crippen LogP contribution in [0.15, 0.2) is 24.3 Å². The lowest BCUT2D eigenvalue weighted by atomic mass is 9.96. The van der Waals surface area contributed by atoms with Gasteiger partial charge in [0.2, 0.25) is 0 Å². The average Bonchev–Trinajstić information content (AvgIpc) is 2.24. The summed E-state index contributed by atoms with van der Waals surface area (Å²) in [5.41, 5.74) is 2.31. The number of rotatable bonds is 6. The molecule has 0 amide bonds. The maximum atomic E-state index is 11.1. The van der Waals surface area contributed by atoms with Crippen molar-refractivity contribution in [3.8, 4) is 0 Å². The van der Waals surface area contributed by atoms with E-state index in [4.69, 9.17) is 5.11 Å². The number of carbonyl (C=O) groups is 1. The average molecular weight is 238 g/mol. The summed E-state index contributed by atoms with van der Waals surface area (Å²) in [5.74, 6) is -0.0345. The summed E-state index contributed by atoms with van der Waals surface area (Å²) >= 11 is 1.70. The van der Waals surface area contributed by atoms with E-state index in [2.05, 4.69) is 6.07 Å². The van der Waals surface area contributed by atoms with Gasteiger partial charge < -0.3 is 5.11 Å². The molecule has 1 atom stereocenters. The molecule has 1 aromatic rings. The van der Waals surface area contributed by atoms with E-state index in [0.29, 0.717) is 6.42 Å². The van der Waals surface area contributed by atoms with Crippen LogP contribution in [0, 0.1) is 12.8 Å². The molecule has 1 aromatic carbocycles. The summed E-state index contributed by atoms with van der Waals surface area (Å²) < 4.78 is 0. The summed E-state index contributed by atoms with van der Waals surface area (Å²) in [6.45, 7) is 2.03. The van der Waals surface area contributed by atoms with Gasteiger partial charge in [0.1, 0.15) is 0 Å². The van der Waals surface area contributed by atoms with Crippen LogP contribution in [-0.2, 0) is 11.2 Å². The molecule has 0 saturated heterocycles. The molecule has 0 aliphatic carbocycles. The van der Waals surface area contributed by atoms with Crippen molar-refractivity contribution in [1.29, 1.82) is 0 Å². The Morgan fingerprint density at radius 1 is 1.50 bits per heavy atom. The first kappa shape index (κ1) is 13.1. The van der Waals surface area contributed by atoms with Crippen LogP contribution < -0.4 is 0 Å². The molecule has 1 unspecified atom stereocenters. The highest BCUT2D eigenvalue weighted by atomic mass is 32.2. The number of carboxylic acids is 1. The second-order valence-corrected chi connectivity index (χ2v) is 5.00. The Kier molecular flexibility index (Phi) is 5.39. The fraction of sp³-hybridized carbons (Fsp3) is 0.462. The first-order chi connectivity index (χ1) is 7.63. The van der Waals surface area contributed by atoms with E-state index in [9.17, 15) is 4.79 Å². The molecular weight excluding hydrogens is 220 g/mol. The number of thioether (sulfide) groups is 1. The van der Waals surface area contributed by atoms with Gasteiger partial charge in [-0.15, -0.1) is 0 Å². The van der Waals surface area contributed by atoms with Gasteiger partial charge in [-0.3, -0.25) is 4.79 Å². The SMILES string of the molecule is CSCCC(Cc1cccc(C)c1)C(=O)O. The van der Waals surface area contributed by atoms with Crippen LogP contribution >= 0.6 is 11.8 Å². The molecule has 0 aliphatic rings. The summed E-state index contributed by atoms with van der Waals surface area (Å²) in [5, 5.41) is 9.12. The third-order valence-corrected chi connectivity index (χ3v) is 3.23. The molecule has 0 saturated carbocycles. The first-order valence-electron chi connectivity index (χ1n) is 5.40. The highest BCUT2D eigenvalue weighted by Gasteiger charge is 2.17. The molecule has 2 nitrogen and oxygen atoms in total. The molecule has 88 valence electrons. The van der Waals surface area contributed by atoms with E-state index in [1.807, 2.05) is 31.4 Å². The van der Waals surface area contributed by atoms with Gasteiger partial charge >= 0.3 is 5.97 Å². The van der Waals surface area contributed by atoms with Gasteiger partial charge in [-0.05, 0) is 37.3 Å². The van der Waals surface area contributed by atoms with Crippen LogP contribution in [-0.4, -0.2) is 23.1 Å². The molecule has 3 heteroatoms. The zero-order valence-corrected chi connectivity index (χ0v) is 10.6. The molecule has 1 N–H and O–H groups in total. The molecular formula is C13H18O2S. The van der Waals surface area contributed by atoms with Crippen molar-refractivity contribution in [1.82, 2.24) is 0 Å². The van der Waals surface area contributed by atoms with Gasteiger partial charge in [0, 0.05) is 0 Å². The normalized spacial score (nSPS) is 12.4. The zero-order valence-electron chi connectivity index (χ0n) is 9.77. The predicted molar refractivity (Wildman–Crippen MR) is 69.0 cm³/mol. The first-order valence-corrected chi connectivity index (χ1v) is 6.80. The smallest absolute Gasteiger partial charge is 0.306 e. The Bertz CT molecular complexity index is 350. The van der Waals surface area contributed by atoms with Gasteiger partial charge in [-0.1, -0.05) is 29.8 Å². The van der Waals surface area contributed by atoms with E-state index >= 15 is 0 Å². The number of aryl methyl sites for hydroxylation is 1. The van der Waals surface area contributed by atoms with E-state index < -0.39 is 5.97 Å². The summed E-state index contributed by atoms with van der Waals surface area (Å²) in [4.78, 5) is 11.1. The maximum Gasteiger partial charge on any atom is 0.306 e. The van der Waals surface area contributed by atoms with Crippen molar-refractivity contribution in [3.05, 3.63) is 35.4 Å². The summed E-state index contributed by atoms with van der Waals surface area (Å²) in [6, 6.07) is 8.08. The number of benzene rings is 1. The minimum atomic E-state index is -0.685. The quantitative estimate of drug-likeness (QED) is 0.828. The number of aliphatic carboxylic acids is 1. The fourth-order valence-electron chi connectivity index (χ4n) is 1.70. The highest BCUT2D eigenvalue weighted by Crippen LogP contribution is 2.16. The number of carboxylic acid groups (broad SMARTS) is 1. The third kappa shape index (κ3) is 4.27. The Morgan fingerprint density at radius 3 is 2.81 bits per heavy atom. The maximum absolute atomic E-state index is 11.1. The van der Waals surface area contributed by atoms with Crippen LogP contribution in [0.4, 0.5) is 0 Å². The van der Waals surface area contributed by atoms with Crippen molar-refractivity contribution in [3.63, 3.8) is 0 Å². The highest BCUT2D eigenvalue weighted by molar-refractivity contribution is 7.98. The van der Waals surface area contributed by atoms with Gasteiger partial charge in [0.15, 0.2) is 0 Å². The van der Waals surface area contributed by atoms with Crippen LogP contribution in [0.3, 0.4) is 0 Å². The Hall–Kier alpha value is -0.960. The van der Waals surface area contributed by atoms with Crippen molar-refractivity contribution < 1.29 is 9.90 Å². The molecule has 0 radical (unpaired) electrons. The van der Waals surface area contributed by atoms with Gasteiger partial charge in [-0.2, -0.15) is 11.8 Å². The summed E-state index contributed by atoms with van der Waals surface area (Å²) in [6.07, 6.45) is 3.38. The van der Waals surface area contributed by atoms with Crippen molar-refractivity contribution in [2.75, 3.05) is 12.0 Å². The largest absolute Gasteiger partial charge is 0.481 e. The monoisotopic (exact) mass is 238 g/mol.